The summed E-state index contributed by atoms with van der Waals surface area (Å²) in [6, 6.07) is 5.89. The van der Waals surface area contributed by atoms with Gasteiger partial charge in [0.2, 0.25) is 5.91 Å². The van der Waals surface area contributed by atoms with Crippen molar-refractivity contribution < 1.29 is 4.79 Å². The third kappa shape index (κ3) is 2.27. The van der Waals surface area contributed by atoms with Crippen molar-refractivity contribution in [3.63, 3.8) is 0 Å². The van der Waals surface area contributed by atoms with Crippen molar-refractivity contribution in [1.82, 2.24) is 5.32 Å². The topological polar surface area (TPSA) is 29.1 Å². The predicted octanol–water partition coefficient (Wildman–Crippen LogP) is 2.68. The van der Waals surface area contributed by atoms with Gasteiger partial charge in [0.05, 0.1) is 6.04 Å². The van der Waals surface area contributed by atoms with Crippen molar-refractivity contribution in [2.45, 2.75) is 18.9 Å². The van der Waals surface area contributed by atoms with Gasteiger partial charge in [-0.1, -0.05) is 17.7 Å². The van der Waals surface area contributed by atoms with Crippen molar-refractivity contribution in [3.05, 3.63) is 34.3 Å². The molecule has 1 amide bonds. The summed E-state index contributed by atoms with van der Waals surface area (Å²) < 4.78 is 0. The van der Waals surface area contributed by atoms with Crippen LogP contribution in [0.15, 0.2) is 18.2 Å². The largest absolute Gasteiger partial charge is 0.348 e. The van der Waals surface area contributed by atoms with Gasteiger partial charge in [0, 0.05) is 5.02 Å². The number of carbonyl (C=O) groups is 1. The van der Waals surface area contributed by atoms with E-state index < -0.39 is 0 Å². The number of halogens is 2. The maximum Gasteiger partial charge on any atom is 0.235 e. The second-order valence-electron chi connectivity index (χ2n) is 3.64. The van der Waals surface area contributed by atoms with E-state index >= 15 is 0 Å². The molecule has 1 N–H and O–H groups in total. The Balaban J connectivity index is 2.18. The van der Waals surface area contributed by atoms with Crippen LogP contribution in [0.4, 0.5) is 0 Å². The van der Waals surface area contributed by atoms with E-state index in [0.29, 0.717) is 0 Å². The van der Waals surface area contributed by atoms with Gasteiger partial charge in [0.25, 0.3) is 0 Å². The van der Waals surface area contributed by atoms with Crippen LogP contribution in [0.25, 0.3) is 0 Å². The lowest BCUT2D eigenvalue weighted by Crippen LogP contribution is -2.27. The number of fused-ring (bicyclic) bond motifs is 1. The van der Waals surface area contributed by atoms with Crippen molar-refractivity contribution >= 4 is 29.1 Å². The molecule has 0 aromatic heterocycles. The molecule has 1 aromatic carbocycles. The first-order valence-electron chi connectivity index (χ1n) is 4.84. The van der Waals surface area contributed by atoms with E-state index in [0.717, 1.165) is 23.4 Å². The summed E-state index contributed by atoms with van der Waals surface area (Å²) in [4.78, 5) is 11.2. The smallest absolute Gasteiger partial charge is 0.235 e. The minimum Gasteiger partial charge on any atom is -0.348 e. The maximum atomic E-state index is 11.2. The van der Waals surface area contributed by atoms with Gasteiger partial charge in [-0.05, 0) is 36.1 Å². The molecule has 0 unspecified atom stereocenters. The van der Waals surface area contributed by atoms with Gasteiger partial charge in [0.15, 0.2) is 0 Å². The number of hydrogen-bond acceptors (Lipinski definition) is 1. The molecule has 2 rings (SSSR count). The van der Waals surface area contributed by atoms with Crippen molar-refractivity contribution in [1.29, 1.82) is 0 Å². The summed E-state index contributed by atoms with van der Waals surface area (Å²) in [6.45, 7) is 0. The van der Waals surface area contributed by atoms with Crippen LogP contribution in [0.2, 0.25) is 5.02 Å². The molecule has 0 radical (unpaired) electrons. The Labute approximate surface area is 98.6 Å². The molecule has 0 saturated heterocycles. The third-order valence-electron chi connectivity index (χ3n) is 2.64. The number of nitrogens with one attached hydrogen (secondary N) is 1. The summed E-state index contributed by atoms with van der Waals surface area (Å²) in [5.74, 6) is -0.108. The van der Waals surface area contributed by atoms with E-state index in [9.17, 15) is 4.79 Å². The second-order valence-corrected chi connectivity index (χ2v) is 4.34. The van der Waals surface area contributed by atoms with Crippen LogP contribution in [-0.2, 0) is 11.2 Å². The van der Waals surface area contributed by atoms with E-state index in [2.05, 4.69) is 5.32 Å². The fraction of sp³-hybridized carbons (Fsp3) is 0.364. The van der Waals surface area contributed by atoms with Crippen molar-refractivity contribution in [2.75, 3.05) is 5.88 Å². The highest BCUT2D eigenvalue weighted by molar-refractivity contribution is 6.30. The zero-order chi connectivity index (χ0) is 10.8. The lowest BCUT2D eigenvalue weighted by atomic mass is 10.1. The molecule has 1 aliphatic carbocycles. The molecule has 2 nitrogen and oxygen atoms in total. The summed E-state index contributed by atoms with van der Waals surface area (Å²) in [5, 5.41) is 3.64. The summed E-state index contributed by atoms with van der Waals surface area (Å²) in [7, 11) is 0. The van der Waals surface area contributed by atoms with Crippen LogP contribution >= 0.6 is 23.2 Å². The molecular formula is C11H11Cl2NO. The zero-order valence-corrected chi connectivity index (χ0v) is 9.61. The summed E-state index contributed by atoms with van der Waals surface area (Å²) >= 11 is 11.3. The molecule has 1 aliphatic rings. The average molecular weight is 244 g/mol. The maximum absolute atomic E-state index is 11.2. The fourth-order valence-corrected chi connectivity index (χ4v) is 2.24. The standard InChI is InChI=1S/C11H11Cl2NO/c12-6-11(15)14-10-4-1-7-5-8(13)2-3-9(7)10/h2-3,5,10H,1,4,6H2,(H,14,15)/t10-/m1/s1. The van der Waals surface area contributed by atoms with Crippen molar-refractivity contribution in [3.8, 4) is 0 Å². The van der Waals surface area contributed by atoms with Crippen LogP contribution in [0.3, 0.4) is 0 Å². The van der Waals surface area contributed by atoms with Crippen LogP contribution in [0.1, 0.15) is 23.6 Å². The summed E-state index contributed by atoms with van der Waals surface area (Å²) in [5.41, 5.74) is 2.39. The summed E-state index contributed by atoms with van der Waals surface area (Å²) in [6.07, 6.45) is 1.89. The quantitative estimate of drug-likeness (QED) is 0.796. The van der Waals surface area contributed by atoms with Crippen LogP contribution in [0, 0.1) is 0 Å². The number of hydrogen-bond donors (Lipinski definition) is 1. The lowest BCUT2D eigenvalue weighted by molar-refractivity contribution is -0.119. The highest BCUT2D eigenvalue weighted by Gasteiger charge is 2.23. The normalized spacial score (nSPS) is 18.7. The molecule has 0 saturated carbocycles. The molecule has 0 heterocycles. The van der Waals surface area contributed by atoms with Crippen LogP contribution < -0.4 is 5.32 Å². The van der Waals surface area contributed by atoms with Gasteiger partial charge in [-0.15, -0.1) is 11.6 Å². The molecular weight excluding hydrogens is 233 g/mol. The number of rotatable bonds is 2. The Morgan fingerprint density at radius 2 is 2.33 bits per heavy atom. The molecule has 0 aliphatic heterocycles. The molecule has 1 atom stereocenters. The molecule has 1 aromatic rings. The van der Waals surface area contributed by atoms with Crippen LogP contribution in [0.5, 0.6) is 0 Å². The fourth-order valence-electron chi connectivity index (χ4n) is 1.97. The Hall–Kier alpha value is -0.730. The van der Waals surface area contributed by atoms with Gasteiger partial charge in [0.1, 0.15) is 5.88 Å². The van der Waals surface area contributed by atoms with E-state index in [1.54, 1.807) is 0 Å². The van der Waals surface area contributed by atoms with Gasteiger partial charge < -0.3 is 5.32 Å². The Morgan fingerprint density at radius 3 is 3.07 bits per heavy atom. The molecule has 80 valence electrons. The van der Waals surface area contributed by atoms with Gasteiger partial charge >= 0.3 is 0 Å². The monoisotopic (exact) mass is 243 g/mol. The van der Waals surface area contributed by atoms with E-state index in [1.165, 1.54) is 5.56 Å². The van der Waals surface area contributed by atoms with E-state index in [1.807, 2.05) is 18.2 Å². The Bertz CT molecular complexity index is 392. The first-order chi connectivity index (χ1) is 7.20. The minimum atomic E-state index is -0.121. The van der Waals surface area contributed by atoms with Gasteiger partial charge in [-0.25, -0.2) is 0 Å². The van der Waals surface area contributed by atoms with E-state index in [4.69, 9.17) is 23.2 Å². The SMILES string of the molecule is O=C(CCl)N[C@@H]1CCc2cc(Cl)ccc21. The molecule has 0 bridgehead atoms. The first-order valence-corrected chi connectivity index (χ1v) is 5.75. The second kappa shape index (κ2) is 4.42. The molecule has 4 heteroatoms. The minimum absolute atomic E-state index is 0.0133. The van der Waals surface area contributed by atoms with Gasteiger partial charge in [-0.2, -0.15) is 0 Å². The highest BCUT2D eigenvalue weighted by Crippen LogP contribution is 2.32. The van der Waals surface area contributed by atoms with Crippen molar-refractivity contribution in [2.24, 2.45) is 0 Å². The number of aryl methyl sites for hydroxylation is 1. The number of alkyl halides is 1. The lowest BCUT2D eigenvalue weighted by Gasteiger charge is -2.12. The molecule has 0 fully saturated rings. The van der Waals surface area contributed by atoms with Crippen LogP contribution in [-0.4, -0.2) is 11.8 Å². The Morgan fingerprint density at radius 1 is 1.53 bits per heavy atom. The molecule has 0 spiro atoms. The highest BCUT2D eigenvalue weighted by atomic mass is 35.5. The molecule has 15 heavy (non-hydrogen) atoms. The average Bonchev–Trinajstić information content (AvgIpc) is 2.60. The first kappa shape index (κ1) is 10.8. The third-order valence-corrected chi connectivity index (χ3v) is 3.12. The van der Waals surface area contributed by atoms with E-state index in [-0.39, 0.29) is 17.8 Å². The number of carbonyl (C=O) groups excluding carboxylic acids is 1. The van der Waals surface area contributed by atoms with Gasteiger partial charge in [-0.3, -0.25) is 4.79 Å². The zero-order valence-electron chi connectivity index (χ0n) is 8.09. The number of benzene rings is 1. The Kier molecular flexibility index (Phi) is 3.17. The predicted molar refractivity (Wildman–Crippen MR) is 61.4 cm³/mol. The number of amides is 1.